The van der Waals surface area contributed by atoms with Crippen molar-refractivity contribution in [2.45, 2.75) is 38.6 Å². The van der Waals surface area contributed by atoms with Gasteiger partial charge in [0.15, 0.2) is 0 Å². The van der Waals surface area contributed by atoms with Crippen LogP contribution < -0.4 is 5.73 Å². The highest BCUT2D eigenvalue weighted by molar-refractivity contribution is 6.42. The molecule has 0 saturated carbocycles. The Morgan fingerprint density at radius 3 is 2.47 bits per heavy atom. The largest absolute Gasteiger partial charge is 0.327 e. The third-order valence-corrected chi connectivity index (χ3v) is 3.47. The molecule has 1 aromatic rings. The van der Waals surface area contributed by atoms with E-state index in [-0.39, 0.29) is 6.04 Å². The van der Waals surface area contributed by atoms with Gasteiger partial charge in [0, 0.05) is 6.04 Å². The molecule has 1 nitrogen and oxygen atoms in total. The SMILES string of the molecule is CCCC(N)C(C)c1ccc(Cl)c(Cl)c1. The molecule has 1 aromatic carbocycles. The van der Waals surface area contributed by atoms with Gasteiger partial charge in [0.2, 0.25) is 0 Å². The summed E-state index contributed by atoms with van der Waals surface area (Å²) in [4.78, 5) is 0. The smallest absolute Gasteiger partial charge is 0.0595 e. The first kappa shape index (κ1) is 12.8. The van der Waals surface area contributed by atoms with Crippen LogP contribution in [0, 0.1) is 0 Å². The van der Waals surface area contributed by atoms with Gasteiger partial charge < -0.3 is 5.73 Å². The normalized spacial score (nSPS) is 15.0. The maximum atomic E-state index is 6.07. The van der Waals surface area contributed by atoms with Crippen LogP contribution in [0.1, 0.15) is 38.2 Å². The number of halogens is 2. The molecule has 0 spiro atoms. The van der Waals surface area contributed by atoms with E-state index in [4.69, 9.17) is 28.9 Å². The van der Waals surface area contributed by atoms with Gasteiger partial charge in [-0.3, -0.25) is 0 Å². The molecular formula is C12H17Cl2N. The number of nitrogens with two attached hydrogens (primary N) is 1. The van der Waals surface area contributed by atoms with Crippen LogP contribution in [-0.4, -0.2) is 6.04 Å². The zero-order valence-corrected chi connectivity index (χ0v) is 10.6. The van der Waals surface area contributed by atoms with Crippen LogP contribution in [0.15, 0.2) is 18.2 Å². The van der Waals surface area contributed by atoms with Crippen LogP contribution >= 0.6 is 23.2 Å². The van der Waals surface area contributed by atoms with Crippen molar-refractivity contribution in [3.8, 4) is 0 Å². The van der Waals surface area contributed by atoms with E-state index in [1.54, 1.807) is 0 Å². The lowest BCUT2D eigenvalue weighted by Crippen LogP contribution is -2.26. The number of hydrogen-bond donors (Lipinski definition) is 1. The third-order valence-electron chi connectivity index (χ3n) is 2.73. The fourth-order valence-corrected chi connectivity index (χ4v) is 1.93. The zero-order valence-electron chi connectivity index (χ0n) is 9.13. The van der Waals surface area contributed by atoms with Gasteiger partial charge in [0.25, 0.3) is 0 Å². The molecule has 0 aliphatic carbocycles. The highest BCUT2D eigenvalue weighted by Gasteiger charge is 2.14. The molecule has 0 radical (unpaired) electrons. The molecule has 2 atom stereocenters. The monoisotopic (exact) mass is 245 g/mol. The van der Waals surface area contributed by atoms with Gasteiger partial charge in [-0.25, -0.2) is 0 Å². The highest BCUT2D eigenvalue weighted by atomic mass is 35.5. The fourth-order valence-electron chi connectivity index (χ4n) is 1.63. The predicted molar refractivity (Wildman–Crippen MR) is 67.8 cm³/mol. The maximum absolute atomic E-state index is 6.07. The minimum atomic E-state index is 0.187. The molecule has 15 heavy (non-hydrogen) atoms. The number of rotatable bonds is 4. The van der Waals surface area contributed by atoms with Gasteiger partial charge in [-0.05, 0) is 30.0 Å². The Labute approximate surface area is 102 Å². The lowest BCUT2D eigenvalue weighted by atomic mass is 9.91. The summed E-state index contributed by atoms with van der Waals surface area (Å²) in [5, 5.41) is 1.20. The second kappa shape index (κ2) is 5.74. The van der Waals surface area contributed by atoms with Crippen molar-refractivity contribution >= 4 is 23.2 Å². The summed E-state index contributed by atoms with van der Waals surface area (Å²) < 4.78 is 0. The molecule has 1 rings (SSSR count). The molecule has 0 fully saturated rings. The van der Waals surface area contributed by atoms with E-state index in [0.29, 0.717) is 16.0 Å². The van der Waals surface area contributed by atoms with E-state index in [1.165, 1.54) is 0 Å². The van der Waals surface area contributed by atoms with Crippen LogP contribution in [0.2, 0.25) is 10.0 Å². The number of benzene rings is 1. The second-order valence-corrected chi connectivity index (χ2v) is 4.73. The molecule has 2 N–H and O–H groups in total. The van der Waals surface area contributed by atoms with E-state index in [2.05, 4.69) is 13.8 Å². The van der Waals surface area contributed by atoms with E-state index in [0.717, 1.165) is 18.4 Å². The molecule has 0 bridgehead atoms. The first-order valence-corrected chi connectivity index (χ1v) is 6.02. The molecule has 3 heteroatoms. The summed E-state index contributed by atoms with van der Waals surface area (Å²) in [6.07, 6.45) is 2.13. The minimum Gasteiger partial charge on any atom is -0.327 e. The van der Waals surface area contributed by atoms with Gasteiger partial charge in [0.05, 0.1) is 10.0 Å². The van der Waals surface area contributed by atoms with Crippen molar-refractivity contribution in [1.29, 1.82) is 0 Å². The average Bonchev–Trinajstić information content (AvgIpc) is 2.21. The fraction of sp³-hybridized carbons (Fsp3) is 0.500. The van der Waals surface area contributed by atoms with Crippen LogP contribution in [0.5, 0.6) is 0 Å². The van der Waals surface area contributed by atoms with Gasteiger partial charge >= 0.3 is 0 Å². The summed E-state index contributed by atoms with van der Waals surface area (Å²) in [7, 11) is 0. The van der Waals surface area contributed by atoms with E-state index < -0.39 is 0 Å². The first-order valence-electron chi connectivity index (χ1n) is 5.26. The van der Waals surface area contributed by atoms with Crippen molar-refractivity contribution < 1.29 is 0 Å². The van der Waals surface area contributed by atoms with E-state index in [9.17, 15) is 0 Å². The lowest BCUT2D eigenvalue weighted by Gasteiger charge is -2.20. The quantitative estimate of drug-likeness (QED) is 0.845. The molecule has 84 valence electrons. The highest BCUT2D eigenvalue weighted by Crippen LogP contribution is 2.28. The van der Waals surface area contributed by atoms with Crippen LogP contribution in [-0.2, 0) is 0 Å². The molecule has 0 aliphatic rings. The number of hydrogen-bond acceptors (Lipinski definition) is 1. The molecule has 2 unspecified atom stereocenters. The standard InChI is InChI=1S/C12H17Cl2N/c1-3-4-12(15)8(2)9-5-6-10(13)11(14)7-9/h5-8,12H,3-4,15H2,1-2H3. The van der Waals surface area contributed by atoms with Crippen molar-refractivity contribution in [2.24, 2.45) is 5.73 Å². The summed E-state index contributed by atoms with van der Waals surface area (Å²) in [5.74, 6) is 0.319. The van der Waals surface area contributed by atoms with Gasteiger partial charge in [-0.15, -0.1) is 0 Å². The Kier molecular flexibility index (Phi) is 4.91. The molecule has 0 saturated heterocycles. The summed E-state index contributed by atoms with van der Waals surface area (Å²) in [6, 6.07) is 5.92. The Hall–Kier alpha value is -0.240. The van der Waals surface area contributed by atoms with Gasteiger partial charge in [-0.1, -0.05) is 49.5 Å². The Bertz CT molecular complexity index is 325. The Morgan fingerprint density at radius 1 is 1.27 bits per heavy atom. The zero-order chi connectivity index (χ0) is 11.4. The maximum Gasteiger partial charge on any atom is 0.0595 e. The molecule has 0 aromatic heterocycles. The topological polar surface area (TPSA) is 26.0 Å². The Morgan fingerprint density at radius 2 is 1.93 bits per heavy atom. The van der Waals surface area contributed by atoms with Gasteiger partial charge in [-0.2, -0.15) is 0 Å². The second-order valence-electron chi connectivity index (χ2n) is 3.91. The van der Waals surface area contributed by atoms with Crippen LogP contribution in [0.4, 0.5) is 0 Å². The molecule has 0 aliphatic heterocycles. The third kappa shape index (κ3) is 3.37. The predicted octanol–water partition coefficient (Wildman–Crippen LogP) is 4.22. The lowest BCUT2D eigenvalue weighted by molar-refractivity contribution is 0.522. The average molecular weight is 246 g/mol. The summed E-state index contributed by atoms with van der Waals surface area (Å²) in [5.41, 5.74) is 7.23. The van der Waals surface area contributed by atoms with Crippen molar-refractivity contribution in [1.82, 2.24) is 0 Å². The van der Waals surface area contributed by atoms with Crippen molar-refractivity contribution in [2.75, 3.05) is 0 Å². The first-order chi connectivity index (χ1) is 7.06. The molecular weight excluding hydrogens is 229 g/mol. The van der Waals surface area contributed by atoms with E-state index >= 15 is 0 Å². The Balaban J connectivity index is 2.81. The van der Waals surface area contributed by atoms with Gasteiger partial charge in [0.1, 0.15) is 0 Å². The minimum absolute atomic E-state index is 0.187. The molecule has 0 heterocycles. The summed E-state index contributed by atoms with van der Waals surface area (Å²) in [6.45, 7) is 4.27. The van der Waals surface area contributed by atoms with Crippen molar-refractivity contribution in [3.05, 3.63) is 33.8 Å². The summed E-state index contributed by atoms with van der Waals surface area (Å²) >= 11 is 11.8. The van der Waals surface area contributed by atoms with Crippen molar-refractivity contribution in [3.63, 3.8) is 0 Å². The van der Waals surface area contributed by atoms with E-state index in [1.807, 2.05) is 18.2 Å². The van der Waals surface area contributed by atoms with Crippen LogP contribution in [0.3, 0.4) is 0 Å². The van der Waals surface area contributed by atoms with Crippen LogP contribution in [0.25, 0.3) is 0 Å². The molecule has 0 amide bonds.